The lowest BCUT2D eigenvalue weighted by Gasteiger charge is -2.30. The molecule has 1 saturated heterocycles. The van der Waals surface area contributed by atoms with E-state index >= 15 is 0 Å². The zero-order valence-corrected chi connectivity index (χ0v) is 14.5. The number of hydrogen-bond acceptors (Lipinski definition) is 6. The number of likely N-dealkylation sites (tertiary alicyclic amines) is 1. The molecule has 1 aliphatic carbocycles. The van der Waals surface area contributed by atoms with Gasteiger partial charge in [-0.2, -0.15) is 0 Å². The van der Waals surface area contributed by atoms with Crippen LogP contribution in [0.4, 0.5) is 5.82 Å². The van der Waals surface area contributed by atoms with Gasteiger partial charge in [0.2, 0.25) is 0 Å². The zero-order valence-electron chi connectivity index (χ0n) is 13.7. The van der Waals surface area contributed by atoms with Gasteiger partial charge in [-0.3, -0.25) is 9.88 Å². The SMILES string of the molecule is Cc1cnc(N(C)[C@@H]2CC[C@@H]3CN(Cc4cscn4)C[C@@H]32)cn1. The lowest BCUT2D eigenvalue weighted by atomic mass is 9.97. The third-order valence-corrected chi connectivity index (χ3v) is 6.03. The summed E-state index contributed by atoms with van der Waals surface area (Å²) in [5.74, 6) is 2.56. The summed E-state index contributed by atoms with van der Waals surface area (Å²) in [6.07, 6.45) is 6.37. The Balaban J connectivity index is 1.44. The summed E-state index contributed by atoms with van der Waals surface area (Å²) < 4.78 is 0. The predicted octanol–water partition coefficient (Wildman–Crippen LogP) is 2.59. The van der Waals surface area contributed by atoms with Crippen LogP contribution in [0.25, 0.3) is 0 Å². The van der Waals surface area contributed by atoms with Crippen molar-refractivity contribution in [1.29, 1.82) is 0 Å². The van der Waals surface area contributed by atoms with Crippen molar-refractivity contribution in [3.05, 3.63) is 34.7 Å². The fraction of sp³-hybridized carbons (Fsp3) is 0.588. The molecule has 23 heavy (non-hydrogen) atoms. The topological polar surface area (TPSA) is 45.2 Å². The molecule has 1 aliphatic heterocycles. The van der Waals surface area contributed by atoms with Crippen LogP contribution in [0, 0.1) is 18.8 Å². The van der Waals surface area contributed by atoms with Gasteiger partial charge in [0.25, 0.3) is 0 Å². The van der Waals surface area contributed by atoms with Crippen molar-refractivity contribution in [2.75, 3.05) is 25.0 Å². The minimum Gasteiger partial charge on any atom is -0.355 e. The molecule has 2 aromatic rings. The van der Waals surface area contributed by atoms with Crippen molar-refractivity contribution in [3.63, 3.8) is 0 Å². The highest BCUT2D eigenvalue weighted by atomic mass is 32.1. The highest BCUT2D eigenvalue weighted by molar-refractivity contribution is 7.07. The highest BCUT2D eigenvalue weighted by Gasteiger charge is 2.44. The molecule has 0 N–H and O–H groups in total. The first-order valence-electron chi connectivity index (χ1n) is 8.31. The summed E-state index contributed by atoms with van der Waals surface area (Å²) in [5.41, 5.74) is 4.12. The van der Waals surface area contributed by atoms with Crippen LogP contribution >= 0.6 is 11.3 Å². The molecule has 3 atom stereocenters. The third kappa shape index (κ3) is 2.97. The van der Waals surface area contributed by atoms with Crippen LogP contribution in [0.1, 0.15) is 24.2 Å². The first kappa shape index (κ1) is 15.0. The Morgan fingerprint density at radius 2 is 2.13 bits per heavy atom. The largest absolute Gasteiger partial charge is 0.355 e. The van der Waals surface area contributed by atoms with Crippen molar-refractivity contribution >= 4 is 17.2 Å². The average molecular weight is 329 g/mol. The van der Waals surface area contributed by atoms with E-state index in [4.69, 9.17) is 0 Å². The molecule has 0 radical (unpaired) electrons. The maximum absolute atomic E-state index is 4.56. The molecule has 4 rings (SSSR count). The Morgan fingerprint density at radius 1 is 1.22 bits per heavy atom. The van der Waals surface area contributed by atoms with Gasteiger partial charge in [0.15, 0.2) is 0 Å². The van der Waals surface area contributed by atoms with Crippen molar-refractivity contribution in [1.82, 2.24) is 19.9 Å². The van der Waals surface area contributed by atoms with E-state index in [9.17, 15) is 0 Å². The fourth-order valence-corrected chi connectivity index (χ4v) is 4.77. The second kappa shape index (κ2) is 6.17. The van der Waals surface area contributed by atoms with Gasteiger partial charge in [-0.15, -0.1) is 11.3 Å². The number of aromatic nitrogens is 3. The molecular formula is C17H23N5S. The van der Waals surface area contributed by atoms with Crippen molar-refractivity contribution < 1.29 is 0 Å². The number of rotatable bonds is 4. The zero-order chi connectivity index (χ0) is 15.8. The smallest absolute Gasteiger partial charge is 0.147 e. The molecule has 2 aliphatic rings. The minimum absolute atomic E-state index is 0.581. The number of nitrogens with zero attached hydrogens (tertiary/aromatic N) is 5. The summed E-state index contributed by atoms with van der Waals surface area (Å²) in [7, 11) is 2.18. The van der Waals surface area contributed by atoms with Crippen LogP contribution in [0.3, 0.4) is 0 Å². The number of anilines is 1. The summed E-state index contributed by atoms with van der Waals surface area (Å²) in [6.45, 7) is 5.37. The van der Waals surface area contributed by atoms with E-state index in [1.165, 1.54) is 31.6 Å². The fourth-order valence-electron chi connectivity index (χ4n) is 4.22. The first-order valence-corrected chi connectivity index (χ1v) is 9.26. The molecule has 2 aromatic heterocycles. The molecule has 0 unspecified atom stereocenters. The van der Waals surface area contributed by atoms with Gasteiger partial charge < -0.3 is 4.90 Å². The second-order valence-electron chi connectivity index (χ2n) is 6.87. The number of thiazole rings is 1. The predicted molar refractivity (Wildman–Crippen MR) is 92.6 cm³/mol. The van der Waals surface area contributed by atoms with Gasteiger partial charge in [0.05, 0.1) is 29.3 Å². The summed E-state index contributed by atoms with van der Waals surface area (Å²) >= 11 is 1.69. The third-order valence-electron chi connectivity index (χ3n) is 5.39. The van der Waals surface area contributed by atoms with Crippen LogP contribution in [0.5, 0.6) is 0 Å². The first-order chi connectivity index (χ1) is 11.2. The van der Waals surface area contributed by atoms with Gasteiger partial charge >= 0.3 is 0 Å². The van der Waals surface area contributed by atoms with Crippen LogP contribution < -0.4 is 4.90 Å². The average Bonchev–Trinajstić information content (AvgIpc) is 3.25. The molecule has 0 amide bonds. The van der Waals surface area contributed by atoms with Gasteiger partial charge in [-0.1, -0.05) is 0 Å². The minimum atomic E-state index is 0.581. The molecule has 0 spiro atoms. The monoisotopic (exact) mass is 329 g/mol. The van der Waals surface area contributed by atoms with Crippen LogP contribution in [0.15, 0.2) is 23.3 Å². The summed E-state index contributed by atoms with van der Waals surface area (Å²) in [6, 6.07) is 0.581. The Bertz CT molecular complexity index is 642. The van der Waals surface area contributed by atoms with Crippen LogP contribution in [-0.2, 0) is 6.54 Å². The quantitative estimate of drug-likeness (QED) is 0.863. The molecule has 6 heteroatoms. The highest BCUT2D eigenvalue weighted by Crippen LogP contribution is 2.41. The Morgan fingerprint density at radius 3 is 2.87 bits per heavy atom. The van der Waals surface area contributed by atoms with E-state index in [0.29, 0.717) is 6.04 Å². The van der Waals surface area contributed by atoms with E-state index in [2.05, 4.69) is 37.2 Å². The van der Waals surface area contributed by atoms with E-state index in [-0.39, 0.29) is 0 Å². The summed E-state index contributed by atoms with van der Waals surface area (Å²) in [5, 5.41) is 2.17. The van der Waals surface area contributed by atoms with E-state index in [0.717, 1.165) is 29.9 Å². The van der Waals surface area contributed by atoms with E-state index < -0.39 is 0 Å². The number of hydrogen-bond donors (Lipinski definition) is 0. The molecule has 2 fully saturated rings. The van der Waals surface area contributed by atoms with Gasteiger partial charge in [-0.25, -0.2) is 9.97 Å². The second-order valence-corrected chi connectivity index (χ2v) is 7.59. The molecule has 0 bridgehead atoms. The molecule has 3 heterocycles. The molecule has 5 nitrogen and oxygen atoms in total. The van der Waals surface area contributed by atoms with Crippen molar-refractivity contribution in [3.8, 4) is 0 Å². The molecule has 0 aromatic carbocycles. The van der Waals surface area contributed by atoms with E-state index in [1.54, 1.807) is 11.3 Å². The van der Waals surface area contributed by atoms with Crippen LogP contribution in [-0.4, -0.2) is 46.0 Å². The standard InChI is InChI=1S/C17H23N5S/c1-12-5-19-17(6-18-12)21(2)16-4-3-13-7-22(9-15(13)16)8-14-10-23-11-20-14/h5-6,10-11,13,15-16H,3-4,7-9H2,1-2H3/t13-,15+,16-/m1/s1. The lowest BCUT2D eigenvalue weighted by Crippen LogP contribution is -2.38. The number of fused-ring (bicyclic) bond motifs is 1. The van der Waals surface area contributed by atoms with Gasteiger partial charge in [-0.05, 0) is 31.6 Å². The van der Waals surface area contributed by atoms with Crippen LogP contribution in [0.2, 0.25) is 0 Å². The summed E-state index contributed by atoms with van der Waals surface area (Å²) in [4.78, 5) is 18.3. The maximum atomic E-state index is 4.56. The normalized spacial score (nSPS) is 27.3. The van der Waals surface area contributed by atoms with E-state index in [1.807, 2.05) is 24.8 Å². The molecule has 1 saturated carbocycles. The van der Waals surface area contributed by atoms with Crippen molar-refractivity contribution in [2.45, 2.75) is 32.4 Å². The van der Waals surface area contributed by atoms with Gasteiger partial charge in [0.1, 0.15) is 5.82 Å². The maximum Gasteiger partial charge on any atom is 0.147 e. The van der Waals surface area contributed by atoms with Gasteiger partial charge in [0, 0.05) is 38.1 Å². The number of aryl methyl sites for hydroxylation is 1. The lowest BCUT2D eigenvalue weighted by molar-refractivity contribution is 0.294. The Hall–Kier alpha value is -1.53. The van der Waals surface area contributed by atoms with Crippen molar-refractivity contribution in [2.24, 2.45) is 11.8 Å². The Labute approximate surface area is 141 Å². The molecular weight excluding hydrogens is 306 g/mol. The molecule has 122 valence electrons. The Kier molecular flexibility index (Phi) is 4.03.